The molecule has 1 saturated heterocycles. The molecule has 7 nitrogen and oxygen atoms in total. The molecule has 162 valence electrons. The second-order valence-corrected chi connectivity index (χ2v) is 10.1. The van der Waals surface area contributed by atoms with Crippen LogP contribution >= 0.6 is 11.3 Å². The zero-order chi connectivity index (χ0) is 21.6. The van der Waals surface area contributed by atoms with Crippen LogP contribution in [0.15, 0.2) is 46.7 Å². The minimum Gasteiger partial charge on any atom is -0.350 e. The Morgan fingerprint density at radius 1 is 1.10 bits per heavy atom. The standard InChI is InChI=1S/C21H27N3O4S2/c1-2-23(16-20(25)22-15-18-7-6-14-29-18)21(26)17-8-10-19(11-9-17)30(27,28)24-12-4-3-5-13-24/h6-11,14H,2-5,12-13,15-16H2,1H3,(H,22,25). The number of piperidine rings is 1. The van der Waals surface area contributed by atoms with E-state index in [1.165, 1.54) is 33.5 Å². The fourth-order valence-electron chi connectivity index (χ4n) is 3.36. The van der Waals surface area contributed by atoms with Crippen molar-refractivity contribution in [3.8, 4) is 0 Å². The summed E-state index contributed by atoms with van der Waals surface area (Å²) in [5.41, 5.74) is 0.362. The SMILES string of the molecule is CCN(CC(=O)NCc1cccs1)C(=O)c1ccc(S(=O)(=O)N2CCCCC2)cc1. The molecule has 2 aromatic rings. The summed E-state index contributed by atoms with van der Waals surface area (Å²) in [4.78, 5) is 27.7. The molecule has 0 saturated carbocycles. The fourth-order valence-corrected chi connectivity index (χ4v) is 5.52. The molecule has 1 aliphatic heterocycles. The van der Waals surface area contributed by atoms with E-state index in [4.69, 9.17) is 0 Å². The van der Waals surface area contributed by atoms with Crippen LogP contribution in [0.1, 0.15) is 41.4 Å². The lowest BCUT2D eigenvalue weighted by molar-refractivity contribution is -0.121. The summed E-state index contributed by atoms with van der Waals surface area (Å²) in [6, 6.07) is 9.84. The van der Waals surface area contributed by atoms with Gasteiger partial charge < -0.3 is 10.2 Å². The van der Waals surface area contributed by atoms with Gasteiger partial charge in [-0.3, -0.25) is 9.59 Å². The number of amides is 2. The maximum absolute atomic E-state index is 12.8. The molecule has 1 aliphatic rings. The topological polar surface area (TPSA) is 86.8 Å². The molecule has 0 unspecified atom stereocenters. The third-order valence-electron chi connectivity index (χ3n) is 5.10. The predicted octanol–water partition coefficient (Wildman–Crippen LogP) is 2.70. The number of nitrogens with one attached hydrogen (secondary N) is 1. The summed E-state index contributed by atoms with van der Waals surface area (Å²) in [7, 11) is -3.53. The zero-order valence-electron chi connectivity index (χ0n) is 17.0. The minimum atomic E-state index is -3.53. The largest absolute Gasteiger partial charge is 0.350 e. The number of likely N-dealkylation sites (N-methyl/N-ethyl adjacent to an activating group) is 1. The highest BCUT2D eigenvalue weighted by atomic mass is 32.2. The first kappa shape index (κ1) is 22.5. The average molecular weight is 450 g/mol. The number of hydrogen-bond acceptors (Lipinski definition) is 5. The first-order chi connectivity index (χ1) is 14.4. The highest BCUT2D eigenvalue weighted by Gasteiger charge is 2.26. The lowest BCUT2D eigenvalue weighted by atomic mass is 10.2. The van der Waals surface area contributed by atoms with Crippen LogP contribution in [0, 0.1) is 0 Å². The Morgan fingerprint density at radius 2 is 1.80 bits per heavy atom. The molecule has 1 fully saturated rings. The monoisotopic (exact) mass is 449 g/mol. The number of hydrogen-bond donors (Lipinski definition) is 1. The Balaban J connectivity index is 1.62. The molecule has 1 aromatic carbocycles. The van der Waals surface area contributed by atoms with E-state index in [-0.39, 0.29) is 23.3 Å². The molecular formula is C21H27N3O4S2. The minimum absolute atomic E-state index is 0.0471. The first-order valence-electron chi connectivity index (χ1n) is 10.1. The number of thiophene rings is 1. The van der Waals surface area contributed by atoms with Gasteiger partial charge in [-0.05, 0) is 55.5 Å². The average Bonchev–Trinajstić information content (AvgIpc) is 3.30. The van der Waals surface area contributed by atoms with Crippen LogP contribution in [-0.2, 0) is 21.4 Å². The van der Waals surface area contributed by atoms with Gasteiger partial charge in [-0.1, -0.05) is 12.5 Å². The third kappa shape index (κ3) is 5.47. The molecule has 0 bridgehead atoms. The Labute approximate surface area is 181 Å². The normalized spacial score (nSPS) is 15.0. The van der Waals surface area contributed by atoms with Gasteiger partial charge in [-0.2, -0.15) is 4.31 Å². The highest BCUT2D eigenvalue weighted by Crippen LogP contribution is 2.21. The molecule has 2 heterocycles. The molecule has 1 N–H and O–H groups in total. The van der Waals surface area contributed by atoms with E-state index >= 15 is 0 Å². The van der Waals surface area contributed by atoms with Crippen molar-refractivity contribution in [3.63, 3.8) is 0 Å². The van der Waals surface area contributed by atoms with Gasteiger partial charge >= 0.3 is 0 Å². The van der Waals surface area contributed by atoms with E-state index < -0.39 is 10.0 Å². The van der Waals surface area contributed by atoms with Crippen molar-refractivity contribution in [1.82, 2.24) is 14.5 Å². The van der Waals surface area contributed by atoms with Gasteiger partial charge in [0, 0.05) is 30.1 Å². The molecular weight excluding hydrogens is 422 g/mol. The van der Waals surface area contributed by atoms with Gasteiger partial charge in [-0.25, -0.2) is 8.42 Å². The quantitative estimate of drug-likeness (QED) is 0.671. The Kier molecular flexibility index (Phi) is 7.63. The van der Waals surface area contributed by atoms with Crippen LogP contribution in [0.4, 0.5) is 0 Å². The summed E-state index contributed by atoms with van der Waals surface area (Å²) in [6.07, 6.45) is 2.79. The van der Waals surface area contributed by atoms with Crippen LogP contribution in [-0.4, -0.2) is 55.6 Å². The van der Waals surface area contributed by atoms with Gasteiger partial charge in [0.25, 0.3) is 5.91 Å². The summed E-state index contributed by atoms with van der Waals surface area (Å²) >= 11 is 1.56. The lowest BCUT2D eigenvalue weighted by Gasteiger charge is -2.26. The second kappa shape index (κ2) is 10.2. The summed E-state index contributed by atoms with van der Waals surface area (Å²) in [6.45, 7) is 3.64. The van der Waals surface area contributed by atoms with E-state index in [1.54, 1.807) is 18.3 Å². The van der Waals surface area contributed by atoms with Gasteiger partial charge in [0.05, 0.1) is 18.0 Å². The van der Waals surface area contributed by atoms with Crippen molar-refractivity contribution in [2.45, 2.75) is 37.6 Å². The number of rotatable bonds is 8. The third-order valence-corrected chi connectivity index (χ3v) is 7.89. The van der Waals surface area contributed by atoms with Crippen LogP contribution in [0.3, 0.4) is 0 Å². The smallest absolute Gasteiger partial charge is 0.254 e. The molecule has 0 radical (unpaired) electrons. The molecule has 0 spiro atoms. The molecule has 2 amide bonds. The van der Waals surface area contributed by atoms with Gasteiger partial charge in [0.15, 0.2) is 0 Å². The molecule has 0 atom stereocenters. The number of benzene rings is 1. The zero-order valence-corrected chi connectivity index (χ0v) is 18.7. The van der Waals surface area contributed by atoms with Crippen LogP contribution in [0.25, 0.3) is 0 Å². The van der Waals surface area contributed by atoms with E-state index in [0.29, 0.717) is 31.7 Å². The van der Waals surface area contributed by atoms with E-state index in [1.807, 2.05) is 17.5 Å². The van der Waals surface area contributed by atoms with Gasteiger partial charge in [-0.15, -0.1) is 11.3 Å². The molecule has 9 heteroatoms. The summed E-state index contributed by atoms with van der Waals surface area (Å²) in [5, 5.41) is 4.76. The van der Waals surface area contributed by atoms with Crippen LogP contribution < -0.4 is 5.32 Å². The number of carbonyl (C=O) groups excluding carboxylic acids is 2. The Hall–Kier alpha value is -2.23. The first-order valence-corrected chi connectivity index (χ1v) is 12.4. The maximum Gasteiger partial charge on any atom is 0.254 e. The number of nitrogens with zero attached hydrogens (tertiary/aromatic N) is 2. The maximum atomic E-state index is 12.8. The molecule has 3 rings (SSSR count). The van der Waals surface area contributed by atoms with Gasteiger partial charge in [0.1, 0.15) is 0 Å². The van der Waals surface area contributed by atoms with Crippen molar-refractivity contribution >= 4 is 33.2 Å². The van der Waals surface area contributed by atoms with Gasteiger partial charge in [0.2, 0.25) is 15.9 Å². The Bertz CT molecular complexity index is 951. The highest BCUT2D eigenvalue weighted by molar-refractivity contribution is 7.89. The number of sulfonamides is 1. The molecule has 0 aliphatic carbocycles. The van der Waals surface area contributed by atoms with E-state index in [9.17, 15) is 18.0 Å². The van der Waals surface area contributed by atoms with Crippen molar-refractivity contribution in [2.75, 3.05) is 26.2 Å². The molecule has 30 heavy (non-hydrogen) atoms. The fraction of sp³-hybridized carbons (Fsp3) is 0.429. The van der Waals surface area contributed by atoms with Crippen LogP contribution in [0.5, 0.6) is 0 Å². The van der Waals surface area contributed by atoms with E-state index in [2.05, 4.69) is 5.32 Å². The van der Waals surface area contributed by atoms with Crippen molar-refractivity contribution in [2.24, 2.45) is 0 Å². The summed E-state index contributed by atoms with van der Waals surface area (Å²) < 4.78 is 27.0. The Morgan fingerprint density at radius 3 is 2.40 bits per heavy atom. The van der Waals surface area contributed by atoms with E-state index in [0.717, 1.165) is 24.1 Å². The van der Waals surface area contributed by atoms with Crippen molar-refractivity contribution < 1.29 is 18.0 Å². The molecule has 1 aromatic heterocycles. The number of carbonyl (C=O) groups is 2. The van der Waals surface area contributed by atoms with Crippen molar-refractivity contribution in [1.29, 1.82) is 0 Å². The lowest BCUT2D eigenvalue weighted by Crippen LogP contribution is -2.40. The van der Waals surface area contributed by atoms with Crippen LogP contribution in [0.2, 0.25) is 0 Å². The van der Waals surface area contributed by atoms with Crippen molar-refractivity contribution in [3.05, 3.63) is 52.2 Å². The summed E-state index contributed by atoms with van der Waals surface area (Å²) in [5.74, 6) is -0.534. The predicted molar refractivity (Wildman–Crippen MR) is 117 cm³/mol. The second-order valence-electron chi connectivity index (χ2n) is 7.16.